The van der Waals surface area contributed by atoms with E-state index in [1.165, 1.54) is 12.4 Å². The highest BCUT2D eigenvalue weighted by Crippen LogP contribution is 2.05. The van der Waals surface area contributed by atoms with Crippen molar-refractivity contribution in [2.75, 3.05) is 0 Å². The fourth-order valence-electron chi connectivity index (χ4n) is 0.718. The number of aromatic nitrogens is 2. The van der Waals surface area contributed by atoms with Gasteiger partial charge in [0.2, 0.25) is 0 Å². The molecular formula is C7H9N3O2S. The van der Waals surface area contributed by atoms with E-state index >= 15 is 0 Å². The summed E-state index contributed by atoms with van der Waals surface area (Å²) in [4.78, 5) is 0. The van der Waals surface area contributed by atoms with Crippen LogP contribution in [-0.4, -0.2) is 22.9 Å². The highest BCUT2D eigenvalue weighted by atomic mass is 32.2. The summed E-state index contributed by atoms with van der Waals surface area (Å²) in [5, 5.41) is 11.5. The first-order valence-corrected chi connectivity index (χ1v) is 5.18. The summed E-state index contributed by atoms with van der Waals surface area (Å²) in [6.07, 6.45) is 2.43. The van der Waals surface area contributed by atoms with Crippen molar-refractivity contribution in [3.05, 3.63) is 18.0 Å². The maximum absolute atomic E-state index is 11.5. The van der Waals surface area contributed by atoms with Crippen LogP contribution in [0.4, 0.5) is 0 Å². The number of hydrogen-bond acceptors (Lipinski definition) is 4. The monoisotopic (exact) mass is 199 g/mol. The van der Waals surface area contributed by atoms with Gasteiger partial charge < -0.3 is 0 Å². The van der Waals surface area contributed by atoms with E-state index in [9.17, 15) is 8.42 Å². The van der Waals surface area contributed by atoms with Crippen LogP contribution in [0.2, 0.25) is 0 Å². The number of nitriles is 1. The maximum atomic E-state index is 11.5. The van der Waals surface area contributed by atoms with Crippen molar-refractivity contribution in [1.29, 1.82) is 5.26 Å². The number of rotatable bonds is 2. The van der Waals surface area contributed by atoms with Crippen LogP contribution in [0.3, 0.4) is 0 Å². The molecule has 0 unspecified atom stereocenters. The van der Waals surface area contributed by atoms with Crippen LogP contribution in [0.5, 0.6) is 0 Å². The molecule has 0 aliphatic heterocycles. The molecule has 0 aromatic carbocycles. The predicted octanol–water partition coefficient (Wildman–Crippen LogP) is 0.341. The van der Waals surface area contributed by atoms with E-state index in [0.29, 0.717) is 0 Å². The third kappa shape index (κ3) is 1.70. The molecule has 0 amide bonds. The molecule has 1 aromatic heterocycles. The average Bonchev–Trinajstić information content (AvgIpc) is 2.51. The maximum Gasteiger partial charge on any atom is 0.256 e. The van der Waals surface area contributed by atoms with Gasteiger partial charge in [-0.25, -0.2) is 8.42 Å². The molecule has 6 heteroatoms. The van der Waals surface area contributed by atoms with Crippen LogP contribution >= 0.6 is 0 Å². The SMILES string of the molecule is CC(C)S(=O)(=O)n1cc(C#N)cn1. The van der Waals surface area contributed by atoms with Crippen molar-refractivity contribution < 1.29 is 8.42 Å². The van der Waals surface area contributed by atoms with E-state index in [1.807, 2.05) is 6.07 Å². The van der Waals surface area contributed by atoms with Crippen molar-refractivity contribution in [1.82, 2.24) is 9.19 Å². The minimum atomic E-state index is -3.41. The van der Waals surface area contributed by atoms with E-state index in [1.54, 1.807) is 13.8 Å². The molecule has 1 rings (SSSR count). The molecule has 0 aliphatic rings. The van der Waals surface area contributed by atoms with Gasteiger partial charge in [-0.15, -0.1) is 0 Å². The average molecular weight is 199 g/mol. The van der Waals surface area contributed by atoms with Gasteiger partial charge in [-0.3, -0.25) is 0 Å². The Kier molecular flexibility index (Phi) is 2.38. The third-order valence-corrected chi connectivity index (χ3v) is 3.46. The van der Waals surface area contributed by atoms with Gasteiger partial charge in [0.25, 0.3) is 10.0 Å². The first kappa shape index (κ1) is 9.74. The van der Waals surface area contributed by atoms with Gasteiger partial charge in [-0.2, -0.15) is 14.4 Å². The molecule has 70 valence electrons. The van der Waals surface area contributed by atoms with E-state index in [4.69, 9.17) is 5.26 Å². The molecule has 0 saturated heterocycles. The zero-order valence-electron chi connectivity index (χ0n) is 7.30. The van der Waals surface area contributed by atoms with Gasteiger partial charge in [0.15, 0.2) is 0 Å². The second kappa shape index (κ2) is 3.18. The van der Waals surface area contributed by atoms with Crippen LogP contribution in [0, 0.1) is 11.3 Å². The quantitative estimate of drug-likeness (QED) is 0.688. The topological polar surface area (TPSA) is 75.8 Å². The van der Waals surface area contributed by atoms with Crippen LogP contribution < -0.4 is 0 Å². The van der Waals surface area contributed by atoms with E-state index in [-0.39, 0.29) is 5.56 Å². The Labute approximate surface area is 76.7 Å². The molecule has 0 bridgehead atoms. The summed E-state index contributed by atoms with van der Waals surface area (Å²) in [5.74, 6) is 0. The lowest BCUT2D eigenvalue weighted by Crippen LogP contribution is -2.22. The Hall–Kier alpha value is -1.35. The first-order valence-electron chi connectivity index (χ1n) is 3.67. The minimum absolute atomic E-state index is 0.240. The van der Waals surface area contributed by atoms with Gasteiger partial charge in [0.05, 0.1) is 23.2 Å². The molecule has 0 fully saturated rings. The Morgan fingerprint density at radius 2 is 2.23 bits per heavy atom. The fraction of sp³-hybridized carbons (Fsp3) is 0.429. The van der Waals surface area contributed by atoms with Crippen LogP contribution in [0.25, 0.3) is 0 Å². The lowest BCUT2D eigenvalue weighted by Gasteiger charge is -2.05. The van der Waals surface area contributed by atoms with Gasteiger partial charge in [-0.05, 0) is 13.8 Å². The second-order valence-corrected chi connectivity index (χ2v) is 5.15. The normalized spacial score (nSPS) is 11.5. The van der Waals surface area contributed by atoms with Gasteiger partial charge in [-0.1, -0.05) is 0 Å². The lowest BCUT2D eigenvalue weighted by atomic mass is 10.4. The standard InChI is InChI=1S/C7H9N3O2S/c1-6(2)13(11,12)10-5-7(3-8)4-9-10/h4-6H,1-2H3. The number of nitrogens with zero attached hydrogens (tertiary/aromatic N) is 3. The Morgan fingerprint density at radius 1 is 1.62 bits per heavy atom. The van der Waals surface area contributed by atoms with Crippen LogP contribution in [0.15, 0.2) is 12.4 Å². The molecule has 0 aliphatic carbocycles. The molecule has 0 saturated carbocycles. The highest BCUT2D eigenvalue weighted by molar-refractivity contribution is 7.90. The molecule has 13 heavy (non-hydrogen) atoms. The van der Waals surface area contributed by atoms with Crippen LogP contribution in [0.1, 0.15) is 19.4 Å². The van der Waals surface area contributed by atoms with E-state index in [2.05, 4.69) is 5.10 Å². The molecule has 0 radical (unpaired) electrons. The summed E-state index contributed by atoms with van der Waals surface area (Å²) in [7, 11) is -3.41. The molecule has 0 spiro atoms. The molecule has 5 nitrogen and oxygen atoms in total. The predicted molar refractivity (Wildman–Crippen MR) is 46.4 cm³/mol. The summed E-state index contributed by atoms with van der Waals surface area (Å²) < 4.78 is 23.7. The Balaban J connectivity index is 3.18. The van der Waals surface area contributed by atoms with Gasteiger partial charge in [0.1, 0.15) is 6.07 Å². The zero-order valence-corrected chi connectivity index (χ0v) is 8.11. The van der Waals surface area contributed by atoms with Crippen molar-refractivity contribution in [3.8, 4) is 6.07 Å². The van der Waals surface area contributed by atoms with Crippen molar-refractivity contribution in [2.45, 2.75) is 19.1 Å². The van der Waals surface area contributed by atoms with Crippen molar-refractivity contribution in [2.24, 2.45) is 0 Å². The van der Waals surface area contributed by atoms with Gasteiger partial charge in [0, 0.05) is 0 Å². The Morgan fingerprint density at radius 3 is 2.62 bits per heavy atom. The van der Waals surface area contributed by atoms with E-state index in [0.717, 1.165) is 4.09 Å². The second-order valence-electron chi connectivity index (χ2n) is 2.81. The summed E-state index contributed by atoms with van der Waals surface area (Å²) in [6, 6.07) is 1.81. The summed E-state index contributed by atoms with van der Waals surface area (Å²) in [5.41, 5.74) is 0.240. The summed E-state index contributed by atoms with van der Waals surface area (Å²) in [6.45, 7) is 3.12. The smallest absolute Gasteiger partial charge is 0.204 e. The first-order chi connectivity index (χ1) is 5.98. The van der Waals surface area contributed by atoms with Crippen molar-refractivity contribution >= 4 is 10.0 Å². The molecule has 1 heterocycles. The summed E-state index contributed by atoms with van der Waals surface area (Å²) >= 11 is 0. The highest BCUT2D eigenvalue weighted by Gasteiger charge is 2.19. The lowest BCUT2D eigenvalue weighted by molar-refractivity contribution is 0.571. The third-order valence-electron chi connectivity index (χ3n) is 1.55. The van der Waals surface area contributed by atoms with Gasteiger partial charge >= 0.3 is 0 Å². The minimum Gasteiger partial charge on any atom is -0.204 e. The molecule has 0 N–H and O–H groups in total. The molecule has 0 atom stereocenters. The molecular weight excluding hydrogens is 190 g/mol. The largest absolute Gasteiger partial charge is 0.256 e. The number of hydrogen-bond donors (Lipinski definition) is 0. The Bertz CT molecular complexity index is 439. The zero-order chi connectivity index (χ0) is 10.1. The van der Waals surface area contributed by atoms with Crippen LogP contribution in [-0.2, 0) is 10.0 Å². The molecule has 1 aromatic rings. The van der Waals surface area contributed by atoms with E-state index < -0.39 is 15.3 Å². The van der Waals surface area contributed by atoms with Crippen molar-refractivity contribution in [3.63, 3.8) is 0 Å². The fourth-order valence-corrected chi connectivity index (χ4v) is 1.59.